The van der Waals surface area contributed by atoms with Crippen molar-refractivity contribution in [1.29, 1.82) is 0 Å². The van der Waals surface area contributed by atoms with Crippen LogP contribution in [0.15, 0.2) is 0 Å². The Labute approximate surface area is 73.0 Å². The molecule has 0 spiro atoms. The minimum atomic E-state index is -0.363. The van der Waals surface area contributed by atoms with Gasteiger partial charge in [0.25, 0.3) is 0 Å². The molecule has 70 valence electrons. The van der Waals surface area contributed by atoms with E-state index in [0.29, 0.717) is 13.2 Å². The number of rotatable bonds is 3. The topological polar surface area (TPSA) is 35.5 Å². The van der Waals surface area contributed by atoms with Gasteiger partial charge in [-0.05, 0) is 6.42 Å². The molecular weight excluding hydrogens is 156 g/mol. The SMILES string of the molecule is CCCOC1C(=O)OCC1(C)C. The molecule has 0 aromatic carbocycles. The van der Waals surface area contributed by atoms with E-state index in [0.717, 1.165) is 6.42 Å². The molecule has 0 aromatic heterocycles. The average molecular weight is 172 g/mol. The second-order valence-electron chi connectivity index (χ2n) is 3.85. The van der Waals surface area contributed by atoms with Gasteiger partial charge in [-0.25, -0.2) is 4.79 Å². The van der Waals surface area contributed by atoms with Crippen molar-refractivity contribution in [2.75, 3.05) is 13.2 Å². The lowest BCUT2D eigenvalue weighted by Gasteiger charge is -2.21. The number of hydrogen-bond donors (Lipinski definition) is 0. The highest BCUT2D eigenvalue weighted by Gasteiger charge is 2.44. The van der Waals surface area contributed by atoms with Gasteiger partial charge >= 0.3 is 5.97 Å². The fourth-order valence-electron chi connectivity index (χ4n) is 1.26. The molecule has 1 saturated heterocycles. The largest absolute Gasteiger partial charge is 0.463 e. The smallest absolute Gasteiger partial charge is 0.335 e. The molecule has 1 unspecified atom stereocenters. The third kappa shape index (κ3) is 1.78. The zero-order chi connectivity index (χ0) is 9.19. The predicted octanol–water partition coefficient (Wildman–Crippen LogP) is 1.36. The van der Waals surface area contributed by atoms with Gasteiger partial charge in [0, 0.05) is 12.0 Å². The van der Waals surface area contributed by atoms with Crippen molar-refractivity contribution in [2.24, 2.45) is 5.41 Å². The molecule has 0 bridgehead atoms. The molecule has 1 fully saturated rings. The van der Waals surface area contributed by atoms with E-state index in [9.17, 15) is 4.79 Å². The van der Waals surface area contributed by atoms with Crippen molar-refractivity contribution in [2.45, 2.75) is 33.3 Å². The molecule has 0 aromatic rings. The number of ether oxygens (including phenoxy) is 2. The summed E-state index contributed by atoms with van der Waals surface area (Å²) in [5.41, 5.74) is -0.160. The van der Waals surface area contributed by atoms with Gasteiger partial charge in [-0.2, -0.15) is 0 Å². The molecular formula is C9H16O3. The maximum absolute atomic E-state index is 11.1. The normalized spacial score (nSPS) is 27.2. The molecule has 0 N–H and O–H groups in total. The van der Waals surface area contributed by atoms with Crippen LogP contribution in [0.1, 0.15) is 27.2 Å². The van der Waals surface area contributed by atoms with E-state index in [1.807, 2.05) is 20.8 Å². The number of hydrogen-bond acceptors (Lipinski definition) is 3. The summed E-state index contributed by atoms with van der Waals surface area (Å²) >= 11 is 0. The van der Waals surface area contributed by atoms with Crippen LogP contribution in [-0.2, 0) is 14.3 Å². The highest BCUT2D eigenvalue weighted by Crippen LogP contribution is 2.30. The molecule has 1 aliphatic heterocycles. The molecule has 3 heteroatoms. The Morgan fingerprint density at radius 2 is 2.33 bits per heavy atom. The maximum atomic E-state index is 11.1. The monoisotopic (exact) mass is 172 g/mol. The zero-order valence-corrected chi connectivity index (χ0v) is 7.92. The fraction of sp³-hybridized carbons (Fsp3) is 0.889. The first-order chi connectivity index (χ1) is 5.58. The molecule has 1 rings (SSSR count). The zero-order valence-electron chi connectivity index (χ0n) is 7.92. The quantitative estimate of drug-likeness (QED) is 0.603. The van der Waals surface area contributed by atoms with Crippen molar-refractivity contribution in [1.82, 2.24) is 0 Å². The van der Waals surface area contributed by atoms with Gasteiger partial charge in [0.15, 0.2) is 6.10 Å². The van der Waals surface area contributed by atoms with E-state index in [1.54, 1.807) is 0 Å². The van der Waals surface area contributed by atoms with Gasteiger partial charge < -0.3 is 9.47 Å². The van der Waals surface area contributed by atoms with Crippen molar-refractivity contribution >= 4 is 5.97 Å². The Morgan fingerprint density at radius 3 is 2.75 bits per heavy atom. The molecule has 0 saturated carbocycles. The van der Waals surface area contributed by atoms with Crippen LogP contribution in [0.2, 0.25) is 0 Å². The van der Waals surface area contributed by atoms with Crippen LogP contribution in [0.3, 0.4) is 0 Å². The van der Waals surface area contributed by atoms with Crippen molar-refractivity contribution in [3.8, 4) is 0 Å². The molecule has 0 radical (unpaired) electrons. The maximum Gasteiger partial charge on any atom is 0.335 e. The highest BCUT2D eigenvalue weighted by atomic mass is 16.6. The average Bonchev–Trinajstić information content (AvgIpc) is 2.24. The van der Waals surface area contributed by atoms with Gasteiger partial charge in [-0.3, -0.25) is 0 Å². The third-order valence-corrected chi connectivity index (χ3v) is 2.00. The second kappa shape index (κ2) is 3.44. The van der Waals surface area contributed by atoms with Gasteiger partial charge in [-0.1, -0.05) is 20.8 Å². The highest BCUT2D eigenvalue weighted by molar-refractivity contribution is 5.77. The predicted molar refractivity (Wildman–Crippen MR) is 44.8 cm³/mol. The first-order valence-corrected chi connectivity index (χ1v) is 4.36. The molecule has 12 heavy (non-hydrogen) atoms. The van der Waals surface area contributed by atoms with E-state index in [-0.39, 0.29) is 17.5 Å². The number of cyclic esters (lactones) is 1. The van der Waals surface area contributed by atoms with Crippen LogP contribution in [0, 0.1) is 5.41 Å². The van der Waals surface area contributed by atoms with E-state index in [2.05, 4.69) is 0 Å². The van der Waals surface area contributed by atoms with Crippen molar-refractivity contribution < 1.29 is 14.3 Å². The van der Waals surface area contributed by atoms with Gasteiger partial charge in [0.2, 0.25) is 0 Å². The van der Waals surface area contributed by atoms with Gasteiger partial charge in [0.05, 0.1) is 6.61 Å². The summed E-state index contributed by atoms with van der Waals surface area (Å²) in [4.78, 5) is 11.1. The lowest BCUT2D eigenvalue weighted by atomic mass is 9.90. The van der Waals surface area contributed by atoms with Crippen LogP contribution in [0.5, 0.6) is 0 Å². The summed E-state index contributed by atoms with van der Waals surface area (Å²) in [6.45, 7) is 7.09. The number of carbonyl (C=O) groups excluding carboxylic acids is 1. The molecule has 1 atom stereocenters. The van der Waals surface area contributed by atoms with E-state index < -0.39 is 0 Å². The molecule has 1 aliphatic rings. The summed E-state index contributed by atoms with van der Waals surface area (Å²) in [6, 6.07) is 0. The van der Waals surface area contributed by atoms with Crippen LogP contribution < -0.4 is 0 Å². The minimum absolute atomic E-state index is 0.160. The Hall–Kier alpha value is -0.570. The fourth-order valence-corrected chi connectivity index (χ4v) is 1.26. The van der Waals surface area contributed by atoms with Crippen molar-refractivity contribution in [3.63, 3.8) is 0 Å². The van der Waals surface area contributed by atoms with Crippen LogP contribution in [0.4, 0.5) is 0 Å². The summed E-state index contributed by atoms with van der Waals surface area (Å²) in [6.07, 6.45) is 0.567. The molecule has 1 heterocycles. The number of carbonyl (C=O) groups is 1. The Bertz CT molecular complexity index is 175. The summed E-state index contributed by atoms with van der Waals surface area (Å²) in [5.74, 6) is -0.214. The second-order valence-corrected chi connectivity index (χ2v) is 3.85. The summed E-state index contributed by atoms with van der Waals surface area (Å²) in [5, 5.41) is 0. The molecule has 3 nitrogen and oxygen atoms in total. The minimum Gasteiger partial charge on any atom is -0.463 e. The lowest BCUT2D eigenvalue weighted by Crippen LogP contribution is -2.33. The Kier molecular flexibility index (Phi) is 2.73. The standard InChI is InChI=1S/C9H16O3/c1-4-5-11-7-8(10)12-6-9(7,2)3/h7H,4-6H2,1-3H3. The van der Waals surface area contributed by atoms with Crippen LogP contribution in [0.25, 0.3) is 0 Å². The Morgan fingerprint density at radius 1 is 1.67 bits per heavy atom. The first-order valence-electron chi connectivity index (χ1n) is 4.36. The van der Waals surface area contributed by atoms with Gasteiger partial charge in [-0.15, -0.1) is 0 Å². The first kappa shape index (κ1) is 9.52. The van der Waals surface area contributed by atoms with E-state index in [4.69, 9.17) is 9.47 Å². The third-order valence-electron chi connectivity index (χ3n) is 2.00. The van der Waals surface area contributed by atoms with Crippen LogP contribution >= 0.6 is 0 Å². The van der Waals surface area contributed by atoms with Crippen molar-refractivity contribution in [3.05, 3.63) is 0 Å². The summed E-state index contributed by atoms with van der Waals surface area (Å²) in [7, 11) is 0. The molecule has 0 aliphatic carbocycles. The van der Waals surface area contributed by atoms with E-state index in [1.165, 1.54) is 0 Å². The molecule has 0 amide bonds. The van der Waals surface area contributed by atoms with Crippen LogP contribution in [-0.4, -0.2) is 25.3 Å². The Balaban J connectivity index is 2.53. The van der Waals surface area contributed by atoms with Gasteiger partial charge in [0.1, 0.15) is 0 Å². The van der Waals surface area contributed by atoms with E-state index >= 15 is 0 Å². The lowest BCUT2D eigenvalue weighted by molar-refractivity contribution is -0.148. The number of esters is 1. The summed E-state index contributed by atoms with van der Waals surface area (Å²) < 4.78 is 10.3.